The van der Waals surface area contributed by atoms with Crippen LogP contribution in [0.2, 0.25) is 0 Å². The van der Waals surface area contributed by atoms with E-state index in [0.29, 0.717) is 52.9 Å². The number of aliphatic carboxylic acids is 1. The Morgan fingerprint density at radius 1 is 0.677 bits per heavy atom. The molecule has 16 heteroatoms. The molecule has 0 bridgehead atoms. The van der Waals surface area contributed by atoms with Gasteiger partial charge in [-0.15, -0.1) is 0 Å². The standard InChI is InChI=1S/C24H29NO7.C15H14O3.C7H13NO4/c1-14(26)29-21-17-11-12-24(5,6)31-19(17)15-9-7-8-10-16(15)20(21)30-18(27)13-25-22(28)32-23(2,3)4;1-15(2)8-7-11-13(17)12(16)9-5-3-4-6-10(9)14(11)18-15;1-7(2,3)12-6(11)8-4-5(9)10/h7-10H,11-13H2,1-6H3,(H,25,28);3-6H,7-8H2,1-2H3;4H2,1-3H3,(H,8,11)(H,9,10). The summed E-state index contributed by atoms with van der Waals surface area (Å²) >= 11 is 0. The maximum absolute atomic E-state index is 12.6. The number of benzene rings is 3. The number of carbonyl (C=O) groups excluding carboxylic acids is 6. The second-order valence-electron chi connectivity index (χ2n) is 17.9. The van der Waals surface area contributed by atoms with Gasteiger partial charge in [0.1, 0.15) is 47.0 Å². The van der Waals surface area contributed by atoms with Crippen LogP contribution < -0.4 is 24.8 Å². The molecule has 6 rings (SSSR count). The lowest BCUT2D eigenvalue weighted by Gasteiger charge is -2.36. The smallest absolute Gasteiger partial charge is 0.408 e. The Kier molecular flexibility index (Phi) is 14.8. The van der Waals surface area contributed by atoms with Crippen molar-refractivity contribution in [2.24, 2.45) is 0 Å². The topological polar surface area (TPSA) is 219 Å². The van der Waals surface area contributed by atoms with E-state index in [1.165, 1.54) is 6.92 Å². The highest BCUT2D eigenvalue weighted by molar-refractivity contribution is 6.52. The molecule has 2 heterocycles. The maximum Gasteiger partial charge on any atom is 0.408 e. The number of rotatable bonds is 6. The second kappa shape index (κ2) is 19.1. The summed E-state index contributed by atoms with van der Waals surface area (Å²) in [5.74, 6) is -1.69. The quantitative estimate of drug-likeness (QED) is 0.123. The number of fused-ring (bicyclic) bond motifs is 5. The molecule has 3 aliphatic rings. The van der Waals surface area contributed by atoms with Gasteiger partial charge in [-0.2, -0.15) is 0 Å². The molecule has 0 fully saturated rings. The number of carbonyl (C=O) groups is 7. The van der Waals surface area contributed by atoms with Crippen LogP contribution in [0, 0.1) is 0 Å². The molecule has 62 heavy (non-hydrogen) atoms. The molecule has 2 amide bonds. The highest BCUT2D eigenvalue weighted by Gasteiger charge is 2.40. The van der Waals surface area contributed by atoms with Crippen molar-refractivity contribution < 1.29 is 67.1 Å². The van der Waals surface area contributed by atoms with Gasteiger partial charge in [0.05, 0.1) is 0 Å². The summed E-state index contributed by atoms with van der Waals surface area (Å²) in [7, 11) is 0. The van der Waals surface area contributed by atoms with E-state index in [2.05, 4.69) is 10.6 Å². The summed E-state index contributed by atoms with van der Waals surface area (Å²) in [6.45, 7) is 18.7. The SMILES string of the molecule is CC(=O)Oc1c2c(c3ccccc3c1OC(=O)CNC(=O)OC(C)(C)C)OC(C)(C)CC2.CC(C)(C)OC(=O)NCC(=O)O.CC1(C)CCC2=C(O1)c1ccccc1C(=O)C2=O. The Hall–Kier alpha value is -6.45. The van der Waals surface area contributed by atoms with E-state index in [-0.39, 0.29) is 17.1 Å². The number of hydrogen-bond acceptors (Lipinski definition) is 13. The van der Waals surface area contributed by atoms with Gasteiger partial charge in [-0.3, -0.25) is 19.2 Å². The molecule has 0 saturated carbocycles. The average molecular weight is 861 g/mol. The van der Waals surface area contributed by atoms with Crippen LogP contribution in [0.5, 0.6) is 17.2 Å². The van der Waals surface area contributed by atoms with Crippen LogP contribution in [0.1, 0.15) is 117 Å². The zero-order chi connectivity index (χ0) is 46.4. The first-order valence-electron chi connectivity index (χ1n) is 20.1. The van der Waals surface area contributed by atoms with Crippen molar-refractivity contribution in [1.29, 1.82) is 0 Å². The molecule has 2 aliphatic heterocycles. The van der Waals surface area contributed by atoms with Gasteiger partial charge in [0.15, 0.2) is 11.5 Å². The minimum atomic E-state index is -1.10. The molecule has 0 spiro atoms. The third-order valence-electron chi connectivity index (χ3n) is 9.07. The van der Waals surface area contributed by atoms with E-state index in [9.17, 15) is 33.6 Å². The van der Waals surface area contributed by atoms with Crippen molar-refractivity contribution in [1.82, 2.24) is 10.6 Å². The Morgan fingerprint density at radius 3 is 1.76 bits per heavy atom. The average Bonchev–Trinajstić information content (AvgIpc) is 3.15. The Labute approximate surface area is 360 Å². The molecule has 334 valence electrons. The van der Waals surface area contributed by atoms with Crippen molar-refractivity contribution in [2.75, 3.05) is 13.1 Å². The van der Waals surface area contributed by atoms with Crippen LogP contribution in [0.25, 0.3) is 16.5 Å². The molecule has 3 aromatic carbocycles. The number of esters is 2. The Bertz CT molecular complexity index is 2290. The number of ether oxygens (including phenoxy) is 6. The molecule has 3 aromatic rings. The first kappa shape index (κ1) is 48.2. The van der Waals surface area contributed by atoms with Gasteiger partial charge in [0.25, 0.3) is 0 Å². The zero-order valence-electron chi connectivity index (χ0n) is 37.1. The first-order valence-corrected chi connectivity index (χ1v) is 20.1. The number of ketones is 2. The van der Waals surface area contributed by atoms with Crippen molar-refractivity contribution in [3.05, 3.63) is 70.8 Å². The fourth-order valence-corrected chi connectivity index (χ4v) is 6.43. The number of allylic oxidation sites excluding steroid dienone is 1. The second-order valence-corrected chi connectivity index (χ2v) is 17.9. The molecule has 0 atom stereocenters. The van der Waals surface area contributed by atoms with E-state index >= 15 is 0 Å². The predicted molar refractivity (Wildman–Crippen MR) is 227 cm³/mol. The molecule has 3 N–H and O–H groups in total. The van der Waals surface area contributed by atoms with Crippen molar-refractivity contribution in [3.63, 3.8) is 0 Å². The number of Topliss-reactive ketones (excluding diaryl/α,β-unsaturated/α-hetero) is 2. The number of amides is 2. The lowest BCUT2D eigenvalue weighted by molar-refractivity contribution is -0.136. The lowest BCUT2D eigenvalue weighted by Crippen LogP contribution is -2.36. The van der Waals surface area contributed by atoms with Crippen molar-refractivity contribution in [2.45, 2.75) is 124 Å². The molecule has 16 nitrogen and oxygen atoms in total. The lowest BCUT2D eigenvalue weighted by atomic mass is 9.82. The Morgan fingerprint density at radius 2 is 1.19 bits per heavy atom. The zero-order valence-corrected chi connectivity index (χ0v) is 37.1. The van der Waals surface area contributed by atoms with Gasteiger partial charge >= 0.3 is 30.1 Å². The van der Waals surface area contributed by atoms with Gasteiger partial charge in [-0.1, -0.05) is 48.5 Å². The minimum absolute atomic E-state index is 0.119. The number of nitrogens with one attached hydrogen (secondary N) is 2. The number of carboxylic acids is 1. The minimum Gasteiger partial charge on any atom is -0.487 e. The summed E-state index contributed by atoms with van der Waals surface area (Å²) in [5.41, 5.74) is 0.454. The molecule has 0 radical (unpaired) electrons. The number of alkyl carbamates (subject to hydrolysis) is 2. The van der Waals surface area contributed by atoms with Crippen LogP contribution in [0.3, 0.4) is 0 Å². The Balaban J connectivity index is 0.000000235. The van der Waals surface area contributed by atoms with Gasteiger partial charge < -0.3 is 44.2 Å². The molecule has 1 aliphatic carbocycles. The third kappa shape index (κ3) is 13.3. The molecule has 0 saturated heterocycles. The van der Waals surface area contributed by atoms with E-state index in [1.54, 1.807) is 65.8 Å². The van der Waals surface area contributed by atoms with Crippen LogP contribution in [0.4, 0.5) is 9.59 Å². The van der Waals surface area contributed by atoms with Crippen LogP contribution >= 0.6 is 0 Å². The molecular weight excluding hydrogens is 805 g/mol. The summed E-state index contributed by atoms with van der Waals surface area (Å²) < 4.78 is 33.2. The number of carboxylic acid groups (broad SMARTS) is 1. The van der Waals surface area contributed by atoms with E-state index < -0.39 is 71.6 Å². The third-order valence-corrected chi connectivity index (χ3v) is 9.07. The van der Waals surface area contributed by atoms with E-state index in [4.69, 9.17) is 33.5 Å². The summed E-state index contributed by atoms with van der Waals surface area (Å²) in [6.07, 6.45) is 1.19. The molecule has 0 aromatic heterocycles. The summed E-state index contributed by atoms with van der Waals surface area (Å²) in [6, 6.07) is 14.4. The van der Waals surface area contributed by atoms with Gasteiger partial charge in [0.2, 0.25) is 11.6 Å². The van der Waals surface area contributed by atoms with Gasteiger partial charge in [-0.25, -0.2) is 14.4 Å². The highest BCUT2D eigenvalue weighted by Crippen LogP contribution is 2.50. The fraction of sp³-hybridized carbons (Fsp3) is 0.457. The van der Waals surface area contributed by atoms with Crippen LogP contribution in [-0.2, 0) is 39.8 Å². The van der Waals surface area contributed by atoms with Crippen molar-refractivity contribution in [3.8, 4) is 17.2 Å². The van der Waals surface area contributed by atoms with Crippen LogP contribution in [0.15, 0.2) is 54.1 Å². The fourth-order valence-electron chi connectivity index (χ4n) is 6.43. The summed E-state index contributed by atoms with van der Waals surface area (Å²) in [4.78, 5) is 81.1. The normalized spacial score (nSPS) is 15.8. The van der Waals surface area contributed by atoms with E-state index in [0.717, 1.165) is 17.4 Å². The van der Waals surface area contributed by atoms with Gasteiger partial charge in [-0.05, 0) is 94.9 Å². The summed E-state index contributed by atoms with van der Waals surface area (Å²) in [5, 5.41) is 13.9. The van der Waals surface area contributed by atoms with Gasteiger partial charge in [0, 0.05) is 40.0 Å². The largest absolute Gasteiger partial charge is 0.487 e. The molecular formula is C46H56N2O14. The van der Waals surface area contributed by atoms with E-state index in [1.807, 2.05) is 52.0 Å². The predicted octanol–water partition coefficient (Wildman–Crippen LogP) is 7.65. The first-order chi connectivity index (χ1) is 28.7. The number of hydrogen-bond donors (Lipinski definition) is 3. The van der Waals surface area contributed by atoms with Crippen LogP contribution in [-0.4, -0.2) is 82.3 Å². The molecule has 0 unspecified atom stereocenters. The monoisotopic (exact) mass is 860 g/mol. The van der Waals surface area contributed by atoms with Crippen molar-refractivity contribution >= 4 is 58.2 Å². The maximum atomic E-state index is 12.6. The highest BCUT2D eigenvalue weighted by atomic mass is 16.6.